The number of fused-ring (bicyclic) bond motifs is 1. The fourth-order valence-electron chi connectivity index (χ4n) is 7.87. The molecule has 0 bridgehead atoms. The Balaban J connectivity index is 0.738. The fraction of sp³-hybridized carbons (Fsp3) is 0.477. The quantitative estimate of drug-likeness (QED) is 0.0405. The molecular weight excluding hydrogens is 905 g/mol. The van der Waals surface area contributed by atoms with Crippen molar-refractivity contribution in [1.82, 2.24) is 60.7 Å². The van der Waals surface area contributed by atoms with Gasteiger partial charge in [0.15, 0.2) is 5.15 Å². The van der Waals surface area contributed by atoms with E-state index in [1.807, 2.05) is 41.4 Å². The van der Waals surface area contributed by atoms with Crippen molar-refractivity contribution in [3.63, 3.8) is 0 Å². The van der Waals surface area contributed by atoms with Gasteiger partial charge in [0, 0.05) is 76.3 Å². The highest BCUT2D eigenvalue weighted by Crippen LogP contribution is 2.29. The molecule has 2 aliphatic heterocycles. The highest BCUT2D eigenvalue weighted by Gasteiger charge is 2.39. The standard InChI is InChI=1S/C44H57Cl2N15O6/c45-32-3-1-31(2-4-32)34(56-43(65)44(47)10-17-60(18-11-44)41-33-7-12-49-40(33)51-30-52-41)8-16-58-21-23-59(24-22-58)38(63)9-25-66-27-28-67-26-15-50-42(64)36-6-5-35(39(46)55-36)54-37(62)29-48-13-19-61-20-14-53-57-61/h1-7,12,14,20,30,34,48H,8-11,13,15-19,21-29,47H2,(H,50,64)(H,54,62)(H,56,65)(H,49,51,52)/t34-/m0/s1. The lowest BCUT2D eigenvalue weighted by Crippen LogP contribution is -2.60. The minimum Gasteiger partial charge on any atom is -0.379 e. The molecule has 0 radical (unpaired) electrons. The number of aromatic nitrogens is 7. The molecule has 0 saturated carbocycles. The number of H-pyrrole nitrogens is 1. The number of carbonyl (C=O) groups is 4. The second-order valence-corrected chi connectivity index (χ2v) is 17.1. The molecule has 1 aromatic carbocycles. The Labute approximate surface area is 397 Å². The number of rotatable bonds is 23. The van der Waals surface area contributed by atoms with E-state index in [4.69, 9.17) is 38.4 Å². The fourth-order valence-corrected chi connectivity index (χ4v) is 8.20. The van der Waals surface area contributed by atoms with E-state index in [0.717, 1.165) is 29.0 Å². The van der Waals surface area contributed by atoms with Crippen LogP contribution in [0.3, 0.4) is 0 Å². The molecule has 21 nitrogen and oxygen atoms in total. The summed E-state index contributed by atoms with van der Waals surface area (Å²) in [5.74, 6) is -0.0628. The number of nitrogens with one attached hydrogen (secondary N) is 5. The van der Waals surface area contributed by atoms with Crippen LogP contribution in [0.25, 0.3) is 11.0 Å². The maximum atomic E-state index is 13.9. The van der Waals surface area contributed by atoms with Gasteiger partial charge in [-0.25, -0.2) is 15.0 Å². The van der Waals surface area contributed by atoms with E-state index in [2.05, 4.69) is 61.3 Å². The summed E-state index contributed by atoms with van der Waals surface area (Å²) in [7, 11) is 0. The molecule has 0 aliphatic carbocycles. The van der Waals surface area contributed by atoms with Crippen molar-refractivity contribution >= 4 is 69.4 Å². The number of piperazine rings is 1. The maximum Gasteiger partial charge on any atom is 0.270 e. The van der Waals surface area contributed by atoms with Gasteiger partial charge in [-0.1, -0.05) is 40.5 Å². The number of hydrogen-bond acceptors (Lipinski definition) is 15. The number of halogens is 2. The number of benzene rings is 1. The molecule has 5 aromatic rings. The average Bonchev–Trinajstić information content (AvgIpc) is 4.06. The predicted molar refractivity (Wildman–Crippen MR) is 252 cm³/mol. The van der Waals surface area contributed by atoms with E-state index in [-0.39, 0.29) is 73.0 Å². The number of hydrogen-bond donors (Lipinski definition) is 6. The van der Waals surface area contributed by atoms with E-state index in [1.165, 1.54) is 12.1 Å². The van der Waals surface area contributed by atoms with Gasteiger partial charge in [-0.2, -0.15) is 0 Å². The van der Waals surface area contributed by atoms with Crippen LogP contribution in [0.5, 0.6) is 0 Å². The summed E-state index contributed by atoms with van der Waals surface area (Å²) in [5.41, 5.74) is 7.90. The van der Waals surface area contributed by atoms with Gasteiger partial charge in [-0.05, 0) is 55.2 Å². The first-order valence-electron chi connectivity index (χ1n) is 22.4. The van der Waals surface area contributed by atoms with Crippen molar-refractivity contribution in [2.24, 2.45) is 5.73 Å². The van der Waals surface area contributed by atoms with Crippen LogP contribution in [0.4, 0.5) is 11.5 Å². The molecule has 7 N–H and O–H groups in total. The summed E-state index contributed by atoms with van der Waals surface area (Å²) in [6.07, 6.45) is 8.56. The minimum atomic E-state index is -1.03. The highest BCUT2D eigenvalue weighted by atomic mass is 35.5. The third kappa shape index (κ3) is 14.1. The van der Waals surface area contributed by atoms with Gasteiger partial charge in [-0.15, -0.1) is 5.10 Å². The minimum absolute atomic E-state index is 0.00968. The molecule has 4 amide bonds. The van der Waals surface area contributed by atoms with Gasteiger partial charge in [0.05, 0.1) is 74.8 Å². The summed E-state index contributed by atoms with van der Waals surface area (Å²) in [6, 6.07) is 12.2. The van der Waals surface area contributed by atoms with Crippen molar-refractivity contribution in [3.05, 3.63) is 88.8 Å². The van der Waals surface area contributed by atoms with Crippen LogP contribution < -0.4 is 31.9 Å². The third-order valence-electron chi connectivity index (χ3n) is 11.8. The van der Waals surface area contributed by atoms with Crippen molar-refractivity contribution < 1.29 is 28.7 Å². The Morgan fingerprint density at radius 2 is 1.66 bits per heavy atom. The van der Waals surface area contributed by atoms with E-state index >= 15 is 0 Å². The number of amides is 4. The number of nitrogens with two attached hydrogens (primary N) is 1. The molecule has 6 heterocycles. The third-order valence-corrected chi connectivity index (χ3v) is 12.3. The summed E-state index contributed by atoms with van der Waals surface area (Å²) < 4.78 is 12.9. The number of anilines is 2. The topological polar surface area (TPSA) is 256 Å². The lowest BCUT2D eigenvalue weighted by atomic mass is 9.87. The monoisotopic (exact) mass is 961 g/mol. The Hall–Kier alpha value is -5.81. The SMILES string of the molecule is NC1(C(=O)N[C@@H](CCN2CCN(C(=O)CCOCCOCCNC(=O)c3ccc(NC(=O)CNCCn4ccnn4)c(Cl)n3)CC2)c2ccc(Cl)cc2)CCN(c2ncnc3[nH]ccc23)CC1. The Morgan fingerprint density at radius 3 is 2.40 bits per heavy atom. The number of nitrogens with zero attached hydrogens (tertiary/aromatic N) is 9. The number of piperidine rings is 1. The zero-order valence-corrected chi connectivity index (χ0v) is 38.7. The first-order chi connectivity index (χ1) is 32.5. The summed E-state index contributed by atoms with van der Waals surface area (Å²) in [6.45, 7) is 6.99. The molecule has 2 fully saturated rings. The summed E-state index contributed by atoms with van der Waals surface area (Å²) in [4.78, 5) is 74.1. The van der Waals surface area contributed by atoms with Crippen LogP contribution in [0, 0.1) is 0 Å². The molecule has 7 rings (SSSR count). The Morgan fingerprint density at radius 1 is 0.881 bits per heavy atom. The van der Waals surface area contributed by atoms with E-state index in [9.17, 15) is 19.2 Å². The van der Waals surface area contributed by atoms with E-state index in [0.29, 0.717) is 89.9 Å². The molecule has 0 spiro atoms. The van der Waals surface area contributed by atoms with Gasteiger partial charge in [0.2, 0.25) is 17.7 Å². The molecule has 2 saturated heterocycles. The van der Waals surface area contributed by atoms with Crippen molar-refractivity contribution in [2.75, 3.05) is 102 Å². The van der Waals surface area contributed by atoms with Gasteiger partial charge in [0.25, 0.3) is 5.91 Å². The Kier molecular flexibility index (Phi) is 17.8. The van der Waals surface area contributed by atoms with Crippen molar-refractivity contribution in [3.8, 4) is 0 Å². The second-order valence-electron chi connectivity index (χ2n) is 16.3. The first-order valence-corrected chi connectivity index (χ1v) is 23.1. The average molecular weight is 963 g/mol. The predicted octanol–water partition coefficient (Wildman–Crippen LogP) is 2.02. The lowest BCUT2D eigenvalue weighted by Gasteiger charge is -2.39. The van der Waals surface area contributed by atoms with E-state index in [1.54, 1.807) is 23.4 Å². The van der Waals surface area contributed by atoms with Crippen molar-refractivity contribution in [1.29, 1.82) is 0 Å². The van der Waals surface area contributed by atoms with Crippen LogP contribution >= 0.6 is 23.2 Å². The van der Waals surface area contributed by atoms with Crippen LogP contribution in [-0.4, -0.2) is 166 Å². The highest BCUT2D eigenvalue weighted by molar-refractivity contribution is 6.32. The summed E-state index contributed by atoms with van der Waals surface area (Å²) in [5, 5.41) is 20.8. The molecule has 23 heteroatoms. The molecule has 67 heavy (non-hydrogen) atoms. The molecule has 0 unspecified atom stereocenters. The van der Waals surface area contributed by atoms with Crippen LogP contribution in [-0.2, 0) is 30.4 Å². The zero-order valence-electron chi connectivity index (χ0n) is 37.2. The zero-order chi connectivity index (χ0) is 47.0. The van der Waals surface area contributed by atoms with Crippen LogP contribution in [0.2, 0.25) is 10.2 Å². The number of ether oxygens (including phenoxy) is 2. The van der Waals surface area contributed by atoms with Gasteiger partial charge >= 0.3 is 0 Å². The van der Waals surface area contributed by atoms with Gasteiger partial charge < -0.3 is 51.3 Å². The Bertz CT molecular complexity index is 2390. The number of carbonyl (C=O) groups excluding carboxylic acids is 4. The molecule has 2 aliphatic rings. The number of pyridine rings is 1. The van der Waals surface area contributed by atoms with Crippen LogP contribution in [0.15, 0.2) is 67.4 Å². The number of aromatic amines is 1. The summed E-state index contributed by atoms with van der Waals surface area (Å²) >= 11 is 12.5. The van der Waals surface area contributed by atoms with Gasteiger partial charge in [-0.3, -0.25) is 28.8 Å². The largest absolute Gasteiger partial charge is 0.379 e. The molecule has 1 atom stereocenters. The second kappa shape index (κ2) is 24.3. The lowest BCUT2D eigenvalue weighted by molar-refractivity contribution is -0.134. The smallest absolute Gasteiger partial charge is 0.270 e. The van der Waals surface area contributed by atoms with Crippen LogP contribution in [0.1, 0.15) is 47.8 Å². The molecule has 4 aromatic heterocycles. The molecular formula is C44H57Cl2N15O6. The van der Waals surface area contributed by atoms with Gasteiger partial charge in [0.1, 0.15) is 23.5 Å². The first kappa shape index (κ1) is 49.1. The maximum absolute atomic E-state index is 13.9. The molecule has 358 valence electrons. The van der Waals surface area contributed by atoms with Crippen molar-refractivity contribution in [2.45, 2.75) is 43.8 Å². The van der Waals surface area contributed by atoms with E-state index < -0.39 is 11.4 Å². The normalized spacial score (nSPS) is 15.6.